The van der Waals surface area contributed by atoms with E-state index in [9.17, 15) is 4.79 Å². The maximum atomic E-state index is 12.2. The summed E-state index contributed by atoms with van der Waals surface area (Å²) in [5, 5.41) is 0.978. The monoisotopic (exact) mass is 248 g/mol. The number of carbonyl (C=O) groups excluding carboxylic acids is 1. The number of nitrogen functional groups attached to an aromatic ring is 1. The minimum Gasteiger partial charge on any atom is -0.397 e. The minimum absolute atomic E-state index is 0.0190. The predicted octanol–water partition coefficient (Wildman–Crippen LogP) is 2.97. The highest BCUT2D eigenvalue weighted by Gasteiger charge is 2.18. The standard InChI is InChI=1S/C13H16N2OS/c1-3-8-15(2)13(16)12-11(14)9-6-4-5-7-10(9)17-12/h4-7H,3,8,14H2,1-2H3. The van der Waals surface area contributed by atoms with Crippen LogP contribution in [0.25, 0.3) is 10.1 Å². The van der Waals surface area contributed by atoms with Crippen LogP contribution in [0.4, 0.5) is 5.69 Å². The number of hydrogen-bond acceptors (Lipinski definition) is 3. The van der Waals surface area contributed by atoms with Gasteiger partial charge in [0.05, 0.1) is 5.69 Å². The molecule has 90 valence electrons. The molecule has 2 aromatic rings. The van der Waals surface area contributed by atoms with E-state index in [1.807, 2.05) is 31.3 Å². The SMILES string of the molecule is CCCN(C)C(=O)c1sc2ccccc2c1N. The third kappa shape index (κ3) is 2.13. The molecule has 0 atom stereocenters. The van der Waals surface area contributed by atoms with Crippen molar-refractivity contribution >= 4 is 33.0 Å². The molecule has 0 aliphatic heterocycles. The summed E-state index contributed by atoms with van der Waals surface area (Å²) in [5.74, 6) is 0.0190. The van der Waals surface area contributed by atoms with E-state index in [-0.39, 0.29) is 5.91 Å². The van der Waals surface area contributed by atoms with Gasteiger partial charge in [0, 0.05) is 23.7 Å². The molecule has 0 saturated heterocycles. The Morgan fingerprint density at radius 1 is 1.41 bits per heavy atom. The van der Waals surface area contributed by atoms with Crippen molar-refractivity contribution in [3.05, 3.63) is 29.1 Å². The van der Waals surface area contributed by atoms with Gasteiger partial charge in [0.1, 0.15) is 4.88 Å². The second-order valence-corrected chi connectivity index (χ2v) is 5.12. The van der Waals surface area contributed by atoms with Gasteiger partial charge in [-0.05, 0) is 12.5 Å². The van der Waals surface area contributed by atoms with Crippen LogP contribution in [0.3, 0.4) is 0 Å². The Morgan fingerprint density at radius 3 is 2.76 bits per heavy atom. The van der Waals surface area contributed by atoms with Gasteiger partial charge in [-0.2, -0.15) is 0 Å². The molecule has 0 fully saturated rings. The summed E-state index contributed by atoms with van der Waals surface area (Å²) in [6, 6.07) is 7.85. The highest BCUT2D eigenvalue weighted by molar-refractivity contribution is 7.21. The Hall–Kier alpha value is -1.55. The van der Waals surface area contributed by atoms with Gasteiger partial charge in [0.15, 0.2) is 0 Å². The molecule has 2 N–H and O–H groups in total. The summed E-state index contributed by atoms with van der Waals surface area (Å²) in [7, 11) is 1.82. The third-order valence-corrected chi connectivity index (χ3v) is 3.91. The molecule has 1 aromatic heterocycles. The van der Waals surface area contributed by atoms with Gasteiger partial charge >= 0.3 is 0 Å². The van der Waals surface area contributed by atoms with Crippen LogP contribution in [-0.4, -0.2) is 24.4 Å². The van der Waals surface area contributed by atoms with Crippen molar-refractivity contribution in [1.29, 1.82) is 0 Å². The maximum Gasteiger partial charge on any atom is 0.265 e. The highest BCUT2D eigenvalue weighted by Crippen LogP contribution is 2.33. The number of fused-ring (bicyclic) bond motifs is 1. The molecule has 0 bridgehead atoms. The smallest absolute Gasteiger partial charge is 0.265 e. The van der Waals surface area contributed by atoms with Crippen LogP contribution in [-0.2, 0) is 0 Å². The molecule has 0 aliphatic carbocycles. The summed E-state index contributed by atoms with van der Waals surface area (Å²) in [6.45, 7) is 2.81. The first-order valence-electron chi connectivity index (χ1n) is 5.67. The van der Waals surface area contributed by atoms with E-state index in [4.69, 9.17) is 5.73 Å². The summed E-state index contributed by atoms with van der Waals surface area (Å²) < 4.78 is 1.07. The average Bonchev–Trinajstić information content (AvgIpc) is 2.67. The molecule has 3 nitrogen and oxygen atoms in total. The molecule has 1 aromatic carbocycles. The fourth-order valence-corrected chi connectivity index (χ4v) is 2.95. The average molecular weight is 248 g/mol. The molecule has 0 unspecified atom stereocenters. The topological polar surface area (TPSA) is 46.3 Å². The molecule has 2 rings (SSSR count). The van der Waals surface area contributed by atoms with Crippen molar-refractivity contribution in [2.24, 2.45) is 0 Å². The summed E-state index contributed by atoms with van der Waals surface area (Å²) in [6.07, 6.45) is 0.951. The number of rotatable bonds is 3. The second-order valence-electron chi connectivity index (χ2n) is 4.07. The van der Waals surface area contributed by atoms with Crippen molar-refractivity contribution in [3.63, 3.8) is 0 Å². The van der Waals surface area contributed by atoms with Gasteiger partial charge in [-0.1, -0.05) is 25.1 Å². The Balaban J connectivity index is 2.42. The number of nitrogens with zero attached hydrogens (tertiary/aromatic N) is 1. The zero-order valence-electron chi connectivity index (χ0n) is 10.1. The lowest BCUT2D eigenvalue weighted by Crippen LogP contribution is -2.27. The van der Waals surface area contributed by atoms with E-state index >= 15 is 0 Å². The van der Waals surface area contributed by atoms with Gasteiger partial charge in [-0.15, -0.1) is 11.3 Å². The van der Waals surface area contributed by atoms with Gasteiger partial charge < -0.3 is 10.6 Å². The molecule has 0 radical (unpaired) electrons. The van der Waals surface area contributed by atoms with Crippen LogP contribution in [0.2, 0.25) is 0 Å². The first-order valence-corrected chi connectivity index (χ1v) is 6.49. The second kappa shape index (κ2) is 4.75. The Morgan fingerprint density at radius 2 is 2.12 bits per heavy atom. The first-order chi connectivity index (χ1) is 8.15. The van der Waals surface area contributed by atoms with Crippen LogP contribution < -0.4 is 5.73 Å². The van der Waals surface area contributed by atoms with E-state index in [0.717, 1.165) is 23.1 Å². The fourth-order valence-electron chi connectivity index (χ4n) is 1.83. The zero-order valence-corrected chi connectivity index (χ0v) is 10.9. The molecule has 0 saturated carbocycles. The Bertz CT molecular complexity index is 547. The van der Waals surface area contributed by atoms with Crippen LogP contribution in [0.1, 0.15) is 23.0 Å². The number of carbonyl (C=O) groups is 1. The normalized spacial score (nSPS) is 10.7. The quantitative estimate of drug-likeness (QED) is 0.907. The first kappa shape index (κ1) is 11.9. The maximum absolute atomic E-state index is 12.2. The van der Waals surface area contributed by atoms with Gasteiger partial charge in [-0.25, -0.2) is 0 Å². The van der Waals surface area contributed by atoms with E-state index in [1.54, 1.807) is 4.90 Å². The van der Waals surface area contributed by atoms with Crippen molar-refractivity contribution in [3.8, 4) is 0 Å². The van der Waals surface area contributed by atoms with Crippen molar-refractivity contribution in [2.45, 2.75) is 13.3 Å². The van der Waals surface area contributed by atoms with Crippen LogP contribution in [0.5, 0.6) is 0 Å². The molecular weight excluding hydrogens is 232 g/mol. The number of anilines is 1. The summed E-state index contributed by atoms with van der Waals surface area (Å²) >= 11 is 1.47. The van der Waals surface area contributed by atoms with Crippen molar-refractivity contribution in [1.82, 2.24) is 4.90 Å². The molecular formula is C13H16N2OS. The predicted molar refractivity (Wildman–Crippen MR) is 73.5 cm³/mol. The van der Waals surface area contributed by atoms with E-state index in [0.29, 0.717) is 10.6 Å². The number of thiophene rings is 1. The lowest BCUT2D eigenvalue weighted by atomic mass is 10.2. The largest absolute Gasteiger partial charge is 0.397 e. The van der Waals surface area contributed by atoms with E-state index < -0.39 is 0 Å². The van der Waals surface area contributed by atoms with Crippen LogP contribution in [0, 0.1) is 0 Å². The minimum atomic E-state index is 0.0190. The number of benzene rings is 1. The molecule has 0 aliphatic rings. The number of hydrogen-bond donors (Lipinski definition) is 1. The van der Waals surface area contributed by atoms with Crippen molar-refractivity contribution < 1.29 is 4.79 Å². The lowest BCUT2D eigenvalue weighted by Gasteiger charge is -2.15. The van der Waals surface area contributed by atoms with Gasteiger partial charge in [0.25, 0.3) is 5.91 Å². The summed E-state index contributed by atoms with van der Waals surface area (Å²) in [5.41, 5.74) is 6.65. The number of amides is 1. The molecule has 4 heteroatoms. The molecule has 1 heterocycles. The summed E-state index contributed by atoms with van der Waals surface area (Å²) in [4.78, 5) is 14.6. The van der Waals surface area contributed by atoms with Crippen LogP contribution in [0.15, 0.2) is 24.3 Å². The van der Waals surface area contributed by atoms with Gasteiger partial charge in [0.2, 0.25) is 0 Å². The molecule has 0 spiro atoms. The highest BCUT2D eigenvalue weighted by atomic mass is 32.1. The fraction of sp³-hybridized carbons (Fsp3) is 0.308. The molecule has 1 amide bonds. The van der Waals surface area contributed by atoms with Crippen LogP contribution >= 0.6 is 11.3 Å². The Labute approximate surface area is 105 Å². The van der Waals surface area contributed by atoms with E-state index in [2.05, 4.69) is 6.92 Å². The van der Waals surface area contributed by atoms with Crippen molar-refractivity contribution in [2.75, 3.05) is 19.3 Å². The lowest BCUT2D eigenvalue weighted by molar-refractivity contribution is 0.0801. The van der Waals surface area contributed by atoms with Gasteiger partial charge in [-0.3, -0.25) is 4.79 Å². The van der Waals surface area contributed by atoms with E-state index in [1.165, 1.54) is 11.3 Å². The number of nitrogens with two attached hydrogens (primary N) is 1. The Kier molecular flexibility index (Phi) is 3.33. The zero-order chi connectivity index (χ0) is 12.4. The molecule has 17 heavy (non-hydrogen) atoms. The third-order valence-electron chi connectivity index (χ3n) is 2.73.